The van der Waals surface area contributed by atoms with Gasteiger partial charge in [-0.05, 0) is 50.5 Å². The third kappa shape index (κ3) is 5.63. The van der Waals surface area contributed by atoms with Crippen LogP contribution in [-0.2, 0) is 24.2 Å². The van der Waals surface area contributed by atoms with Crippen LogP contribution in [0.15, 0.2) is 23.1 Å². The molecule has 1 aromatic carbocycles. The van der Waals surface area contributed by atoms with Gasteiger partial charge in [0.25, 0.3) is 5.91 Å². The molecule has 0 atom stereocenters. The highest BCUT2D eigenvalue weighted by Gasteiger charge is 2.32. The Hall–Kier alpha value is -2.43. The maximum atomic E-state index is 12.6. The first-order chi connectivity index (χ1) is 14.5. The average Bonchev–Trinajstić information content (AvgIpc) is 3.48. The van der Waals surface area contributed by atoms with E-state index in [4.69, 9.17) is 16.3 Å². The Bertz CT molecular complexity index is 1170. The average molecular weight is 485 g/mol. The highest BCUT2D eigenvalue weighted by atomic mass is 35.5. The number of nitrogens with one attached hydrogen (secondary N) is 2. The van der Waals surface area contributed by atoms with Crippen molar-refractivity contribution in [2.45, 2.75) is 31.6 Å². The number of esters is 1. The van der Waals surface area contributed by atoms with Gasteiger partial charge in [-0.15, -0.1) is 11.3 Å². The monoisotopic (exact) mass is 484 g/mol. The van der Waals surface area contributed by atoms with Gasteiger partial charge >= 0.3 is 5.97 Å². The number of halogens is 1. The van der Waals surface area contributed by atoms with Crippen molar-refractivity contribution in [2.24, 2.45) is 5.92 Å². The maximum Gasteiger partial charge on any atom is 0.341 e. The van der Waals surface area contributed by atoms with Gasteiger partial charge in [-0.1, -0.05) is 11.6 Å². The zero-order chi connectivity index (χ0) is 22.9. The van der Waals surface area contributed by atoms with Gasteiger partial charge < -0.3 is 15.4 Å². The lowest BCUT2D eigenvalue weighted by molar-refractivity contribution is -0.119. The van der Waals surface area contributed by atoms with Gasteiger partial charge in [0.1, 0.15) is 5.00 Å². The van der Waals surface area contributed by atoms with Gasteiger partial charge in [0.15, 0.2) is 16.4 Å². The summed E-state index contributed by atoms with van der Waals surface area (Å²) in [6, 6.07) is 3.91. The lowest BCUT2D eigenvalue weighted by Gasteiger charge is -2.10. The highest BCUT2D eigenvalue weighted by Crippen LogP contribution is 2.36. The molecule has 0 aliphatic heterocycles. The lowest BCUT2D eigenvalue weighted by Crippen LogP contribution is -2.22. The number of amides is 2. The summed E-state index contributed by atoms with van der Waals surface area (Å²) in [6.45, 7) is 2.96. The van der Waals surface area contributed by atoms with E-state index in [0.29, 0.717) is 10.6 Å². The minimum atomic E-state index is -3.49. The third-order valence-corrected chi connectivity index (χ3v) is 7.31. The second-order valence-electron chi connectivity index (χ2n) is 7.29. The number of hydrogen-bond acceptors (Lipinski definition) is 7. The topological polar surface area (TPSA) is 119 Å². The Morgan fingerprint density at radius 1 is 1.19 bits per heavy atom. The fourth-order valence-electron chi connectivity index (χ4n) is 2.74. The largest absolute Gasteiger partial charge is 0.452 e. The molecule has 0 unspecified atom stereocenters. The molecule has 3 rings (SSSR count). The van der Waals surface area contributed by atoms with Crippen LogP contribution in [0.5, 0.6) is 0 Å². The van der Waals surface area contributed by atoms with E-state index in [-0.39, 0.29) is 33.0 Å². The quantitative estimate of drug-likeness (QED) is 0.580. The number of thiophene rings is 1. The second kappa shape index (κ2) is 8.97. The number of ether oxygens (including phenoxy) is 1. The van der Waals surface area contributed by atoms with Crippen LogP contribution in [0.25, 0.3) is 0 Å². The fourth-order valence-corrected chi connectivity index (χ4v) is 4.60. The van der Waals surface area contributed by atoms with Crippen molar-refractivity contribution in [3.05, 3.63) is 39.2 Å². The van der Waals surface area contributed by atoms with Gasteiger partial charge in [0.05, 0.1) is 21.2 Å². The van der Waals surface area contributed by atoms with E-state index in [0.717, 1.165) is 24.0 Å². The third-order valence-electron chi connectivity index (χ3n) is 4.75. The molecule has 1 aromatic heterocycles. The van der Waals surface area contributed by atoms with Crippen molar-refractivity contribution < 1.29 is 27.5 Å². The van der Waals surface area contributed by atoms with Crippen LogP contribution in [0.1, 0.15) is 33.6 Å². The molecule has 1 heterocycles. The molecule has 0 saturated heterocycles. The Balaban J connectivity index is 1.67. The standard InChI is InChI=1S/C20H21ClN2O6S2/c1-10-11(2)30-19(23-18(25)12-4-5-12)17(10)20(26)29-9-16(24)22-15-8-13(31(3,27)28)6-7-14(15)21/h6-8,12H,4-5,9H2,1-3H3,(H,22,24)(H,23,25). The summed E-state index contributed by atoms with van der Waals surface area (Å²) < 4.78 is 28.5. The van der Waals surface area contributed by atoms with E-state index in [1.807, 2.05) is 6.92 Å². The van der Waals surface area contributed by atoms with Crippen LogP contribution in [-0.4, -0.2) is 39.1 Å². The molecule has 8 nitrogen and oxygen atoms in total. The number of hydrogen-bond donors (Lipinski definition) is 2. The van der Waals surface area contributed by atoms with Crippen molar-refractivity contribution in [2.75, 3.05) is 23.5 Å². The summed E-state index contributed by atoms with van der Waals surface area (Å²) in [6.07, 6.45) is 2.70. The highest BCUT2D eigenvalue weighted by molar-refractivity contribution is 7.90. The van der Waals surface area contributed by atoms with Crippen LogP contribution >= 0.6 is 22.9 Å². The van der Waals surface area contributed by atoms with Crippen LogP contribution in [0.2, 0.25) is 5.02 Å². The second-order valence-corrected chi connectivity index (χ2v) is 10.9. The van der Waals surface area contributed by atoms with Gasteiger partial charge in [-0.25, -0.2) is 13.2 Å². The van der Waals surface area contributed by atoms with Gasteiger partial charge in [0, 0.05) is 17.1 Å². The molecular formula is C20H21ClN2O6S2. The Kier molecular flexibility index (Phi) is 6.73. The van der Waals surface area contributed by atoms with Crippen LogP contribution in [0.4, 0.5) is 10.7 Å². The smallest absolute Gasteiger partial charge is 0.341 e. The van der Waals surface area contributed by atoms with Gasteiger partial charge in [-0.3, -0.25) is 9.59 Å². The summed E-state index contributed by atoms with van der Waals surface area (Å²) in [7, 11) is -3.49. The van der Waals surface area contributed by atoms with Crippen molar-refractivity contribution in [3.63, 3.8) is 0 Å². The van der Waals surface area contributed by atoms with E-state index in [1.54, 1.807) is 6.92 Å². The molecule has 1 saturated carbocycles. The SMILES string of the molecule is Cc1sc(NC(=O)C2CC2)c(C(=O)OCC(=O)Nc2cc(S(C)(=O)=O)ccc2Cl)c1C. The van der Waals surface area contributed by atoms with Crippen LogP contribution in [0, 0.1) is 19.8 Å². The number of rotatable bonds is 7. The number of carbonyl (C=O) groups is 3. The van der Waals surface area contributed by atoms with Crippen molar-refractivity contribution >= 4 is 61.2 Å². The molecule has 1 fully saturated rings. The molecule has 0 bridgehead atoms. The van der Waals surface area contributed by atoms with E-state index >= 15 is 0 Å². The van der Waals surface area contributed by atoms with E-state index in [1.165, 1.54) is 29.5 Å². The Morgan fingerprint density at radius 2 is 1.87 bits per heavy atom. The molecular weight excluding hydrogens is 464 g/mol. The first-order valence-electron chi connectivity index (χ1n) is 9.34. The Labute approximate surface area is 188 Å². The molecule has 0 radical (unpaired) electrons. The number of aryl methyl sites for hydroxylation is 1. The van der Waals surface area contributed by atoms with Crippen LogP contribution in [0.3, 0.4) is 0 Å². The van der Waals surface area contributed by atoms with Gasteiger partial charge in [0.2, 0.25) is 5.91 Å². The number of sulfone groups is 1. The van der Waals surface area contributed by atoms with Crippen molar-refractivity contribution in [1.82, 2.24) is 0 Å². The summed E-state index contributed by atoms with van der Waals surface area (Å²) in [4.78, 5) is 37.8. The summed E-state index contributed by atoms with van der Waals surface area (Å²) in [5.41, 5.74) is 0.984. The number of anilines is 2. The van der Waals surface area contributed by atoms with Crippen LogP contribution < -0.4 is 10.6 Å². The summed E-state index contributed by atoms with van der Waals surface area (Å²) in [5.74, 6) is -1.58. The van der Waals surface area contributed by atoms with E-state index in [2.05, 4.69) is 10.6 Å². The normalized spacial score (nSPS) is 13.5. The van der Waals surface area contributed by atoms with Gasteiger partial charge in [-0.2, -0.15) is 0 Å². The summed E-state index contributed by atoms with van der Waals surface area (Å²) in [5, 5.41) is 5.76. The zero-order valence-electron chi connectivity index (χ0n) is 17.1. The molecule has 1 aliphatic carbocycles. The predicted molar refractivity (Wildman–Crippen MR) is 119 cm³/mol. The molecule has 2 N–H and O–H groups in total. The fraction of sp³-hybridized carbons (Fsp3) is 0.350. The molecule has 2 aromatic rings. The first-order valence-corrected chi connectivity index (χ1v) is 12.4. The summed E-state index contributed by atoms with van der Waals surface area (Å²) >= 11 is 7.29. The molecule has 2 amide bonds. The van der Waals surface area contributed by atoms with Crippen molar-refractivity contribution in [3.8, 4) is 0 Å². The number of benzene rings is 1. The number of carbonyl (C=O) groups excluding carboxylic acids is 3. The minimum Gasteiger partial charge on any atom is -0.452 e. The predicted octanol–water partition coefficient (Wildman–Crippen LogP) is 3.57. The zero-order valence-corrected chi connectivity index (χ0v) is 19.5. The van der Waals surface area contributed by atoms with E-state index < -0.39 is 28.3 Å². The minimum absolute atomic E-state index is 0.00962. The molecule has 1 aliphatic rings. The van der Waals surface area contributed by atoms with E-state index in [9.17, 15) is 22.8 Å². The molecule has 11 heteroatoms. The van der Waals surface area contributed by atoms with Crippen molar-refractivity contribution in [1.29, 1.82) is 0 Å². The molecule has 0 spiro atoms. The molecule has 31 heavy (non-hydrogen) atoms. The Morgan fingerprint density at radius 3 is 2.48 bits per heavy atom. The first kappa shape index (κ1) is 23.2. The maximum absolute atomic E-state index is 12.6. The lowest BCUT2D eigenvalue weighted by atomic mass is 10.1. The molecule has 166 valence electrons.